The molecule has 2 aromatic rings. The molecule has 8 heteroatoms. The van der Waals surface area contributed by atoms with Crippen LogP contribution in [0, 0.1) is 9.49 Å². The van der Waals surface area contributed by atoms with Gasteiger partial charge < -0.3 is 15.5 Å². The van der Waals surface area contributed by atoms with Crippen molar-refractivity contribution in [1.82, 2.24) is 15.0 Å². The molecule has 1 amide bonds. The number of hydrogen-bond donors (Lipinski definition) is 3. The number of aliphatic hydroxyl groups is 2. The van der Waals surface area contributed by atoms with Crippen LogP contribution >= 0.6 is 22.6 Å². The average Bonchev–Trinajstić information content (AvgIpc) is 3.16. The maximum Gasteiger partial charge on any atom is 0.261 e. The molecule has 1 aliphatic rings. The first-order valence-corrected chi connectivity index (χ1v) is 9.53. The van der Waals surface area contributed by atoms with Crippen molar-refractivity contribution >= 4 is 34.2 Å². The number of aryl methyl sites for hydroxylation is 1. The molecule has 0 saturated heterocycles. The summed E-state index contributed by atoms with van der Waals surface area (Å²) in [6, 6.07) is 5.56. The molecule has 1 aromatic carbocycles. The number of aliphatic hydroxyl groups excluding tert-OH is 1. The number of allylic oxidation sites excluding steroid dienone is 1. The summed E-state index contributed by atoms with van der Waals surface area (Å²) in [5, 5.41) is 30.7. The fourth-order valence-corrected chi connectivity index (χ4v) is 3.55. The van der Waals surface area contributed by atoms with E-state index in [-0.39, 0.29) is 12.5 Å². The summed E-state index contributed by atoms with van der Waals surface area (Å²) < 4.78 is 2.69. The lowest BCUT2D eigenvalue weighted by Gasteiger charge is -2.26. The fraction of sp³-hybridized carbons (Fsp3) is 0.389. The second kappa shape index (κ2) is 7.85. The molecule has 2 atom stereocenters. The monoisotopic (exact) mass is 468 g/mol. The first-order valence-electron chi connectivity index (χ1n) is 8.45. The molecule has 3 rings (SSSR count). The van der Waals surface area contributed by atoms with Crippen LogP contribution in [0.25, 0.3) is 0 Å². The molecule has 0 spiro atoms. The number of carbonyl (C=O) groups is 1. The van der Waals surface area contributed by atoms with Gasteiger partial charge in [0.15, 0.2) is 5.60 Å². The van der Waals surface area contributed by atoms with Crippen LogP contribution in [0.1, 0.15) is 24.6 Å². The number of carbonyl (C=O) groups excluding carboxylic acids is 1. The van der Waals surface area contributed by atoms with Crippen LogP contribution in [0.15, 0.2) is 36.5 Å². The topological polar surface area (TPSA) is 100 Å². The molecular weight excluding hydrogens is 447 g/mol. The maximum atomic E-state index is 12.4. The Morgan fingerprint density at radius 2 is 2.27 bits per heavy atom. The third kappa shape index (κ3) is 3.67. The SMILES string of the molecule is C[C@H](/C=C/CCn1cc(CCO)nn1)[C@@]1(O)C(=O)Nc2ccc(I)cc21. The molecule has 0 fully saturated rings. The normalized spacial score (nSPS) is 20.4. The Bertz CT molecular complexity index is 836. The van der Waals surface area contributed by atoms with Gasteiger partial charge in [-0.2, -0.15) is 0 Å². The Morgan fingerprint density at radius 1 is 1.46 bits per heavy atom. The van der Waals surface area contributed by atoms with Crippen LogP contribution in [0.3, 0.4) is 0 Å². The highest BCUT2D eigenvalue weighted by Gasteiger charge is 2.48. The zero-order valence-corrected chi connectivity index (χ0v) is 16.5. The van der Waals surface area contributed by atoms with Crippen molar-refractivity contribution in [2.24, 2.45) is 5.92 Å². The Kier molecular flexibility index (Phi) is 5.73. The number of nitrogens with one attached hydrogen (secondary N) is 1. The summed E-state index contributed by atoms with van der Waals surface area (Å²) in [5.74, 6) is -0.765. The summed E-state index contributed by atoms with van der Waals surface area (Å²) in [7, 11) is 0. The number of halogens is 1. The van der Waals surface area contributed by atoms with Crippen molar-refractivity contribution in [3.63, 3.8) is 0 Å². The molecule has 3 N–H and O–H groups in total. The number of aromatic nitrogens is 3. The molecule has 26 heavy (non-hydrogen) atoms. The number of nitrogens with zero attached hydrogens (tertiary/aromatic N) is 3. The quantitative estimate of drug-likeness (QED) is 0.426. The van der Waals surface area contributed by atoms with Crippen LogP contribution in [0.5, 0.6) is 0 Å². The summed E-state index contributed by atoms with van der Waals surface area (Å²) >= 11 is 2.17. The van der Waals surface area contributed by atoms with Gasteiger partial charge in [0.05, 0.1) is 5.69 Å². The van der Waals surface area contributed by atoms with E-state index in [9.17, 15) is 9.90 Å². The van der Waals surface area contributed by atoms with Gasteiger partial charge >= 0.3 is 0 Å². The van der Waals surface area contributed by atoms with Gasteiger partial charge in [0, 0.05) is 46.5 Å². The van der Waals surface area contributed by atoms with Crippen molar-refractivity contribution in [3.05, 3.63) is 51.4 Å². The zero-order valence-electron chi connectivity index (χ0n) is 14.4. The second-order valence-electron chi connectivity index (χ2n) is 6.36. The van der Waals surface area contributed by atoms with Crippen LogP contribution in [0.2, 0.25) is 0 Å². The van der Waals surface area contributed by atoms with E-state index in [1.165, 1.54) is 0 Å². The minimum absolute atomic E-state index is 0.0527. The molecule has 1 aliphatic heterocycles. The predicted molar refractivity (Wildman–Crippen MR) is 105 cm³/mol. The minimum Gasteiger partial charge on any atom is -0.396 e. The fourth-order valence-electron chi connectivity index (χ4n) is 3.06. The van der Waals surface area contributed by atoms with E-state index in [4.69, 9.17) is 5.11 Å². The molecular formula is C18H21IN4O3. The van der Waals surface area contributed by atoms with Crippen molar-refractivity contribution < 1.29 is 15.0 Å². The third-order valence-corrected chi connectivity index (χ3v) is 5.22. The molecule has 0 aliphatic carbocycles. The lowest BCUT2D eigenvalue weighted by Crippen LogP contribution is -2.39. The van der Waals surface area contributed by atoms with Crippen LogP contribution in [-0.4, -0.2) is 37.7 Å². The number of fused-ring (bicyclic) bond motifs is 1. The maximum absolute atomic E-state index is 12.4. The van der Waals surface area contributed by atoms with Crippen molar-refractivity contribution in [1.29, 1.82) is 0 Å². The predicted octanol–water partition coefficient (Wildman–Crippen LogP) is 1.84. The summed E-state index contributed by atoms with van der Waals surface area (Å²) in [4.78, 5) is 12.4. The lowest BCUT2D eigenvalue weighted by atomic mass is 9.83. The Labute approximate surface area is 165 Å². The summed E-state index contributed by atoms with van der Waals surface area (Å²) in [5.41, 5.74) is 0.482. The number of benzene rings is 1. The zero-order chi connectivity index (χ0) is 18.7. The molecule has 0 unspecified atom stereocenters. The number of rotatable bonds is 7. The first-order chi connectivity index (χ1) is 12.4. The third-order valence-electron chi connectivity index (χ3n) is 4.55. The van der Waals surface area contributed by atoms with Gasteiger partial charge in [0.1, 0.15) is 0 Å². The standard InChI is InChI=1S/C18H21IN4O3/c1-12(4-2-3-8-23-11-14(7-9-24)21-22-23)18(26)15-10-13(19)5-6-16(15)20-17(18)25/h2,4-6,10-12,24,26H,3,7-9H2,1H3,(H,20,25)/b4-2+/t12-,18+/m1/s1. The van der Waals surface area contributed by atoms with Crippen LogP contribution < -0.4 is 5.32 Å². The minimum atomic E-state index is -1.56. The molecule has 7 nitrogen and oxygen atoms in total. The highest BCUT2D eigenvalue weighted by molar-refractivity contribution is 14.1. The van der Waals surface area contributed by atoms with Crippen LogP contribution in [0.4, 0.5) is 5.69 Å². The molecule has 2 heterocycles. The summed E-state index contributed by atoms with van der Waals surface area (Å²) in [6.07, 6.45) is 6.80. The molecule has 0 saturated carbocycles. The lowest BCUT2D eigenvalue weighted by molar-refractivity contribution is -0.137. The van der Waals surface area contributed by atoms with E-state index in [2.05, 4.69) is 38.2 Å². The van der Waals surface area contributed by atoms with E-state index >= 15 is 0 Å². The highest BCUT2D eigenvalue weighted by atomic mass is 127. The second-order valence-corrected chi connectivity index (χ2v) is 7.61. The number of amides is 1. The molecule has 0 bridgehead atoms. The van der Waals surface area contributed by atoms with Gasteiger partial charge in [-0.05, 0) is 47.2 Å². The van der Waals surface area contributed by atoms with E-state index in [0.29, 0.717) is 30.6 Å². The van der Waals surface area contributed by atoms with Gasteiger partial charge in [-0.25, -0.2) is 0 Å². The Morgan fingerprint density at radius 3 is 3.04 bits per heavy atom. The first kappa shape index (κ1) is 19.0. The number of anilines is 1. The highest BCUT2D eigenvalue weighted by Crippen LogP contribution is 2.42. The summed E-state index contributed by atoms with van der Waals surface area (Å²) in [6.45, 7) is 2.53. The van der Waals surface area contributed by atoms with Crippen molar-refractivity contribution in [2.45, 2.75) is 31.9 Å². The largest absolute Gasteiger partial charge is 0.396 e. The Balaban J connectivity index is 1.65. The Hall–Kier alpha value is -1.78. The van der Waals surface area contributed by atoms with E-state index in [1.807, 2.05) is 43.5 Å². The van der Waals surface area contributed by atoms with Gasteiger partial charge in [-0.15, -0.1) is 5.10 Å². The van der Waals surface area contributed by atoms with Gasteiger partial charge in [0.2, 0.25) is 0 Å². The van der Waals surface area contributed by atoms with Crippen LogP contribution in [-0.2, 0) is 23.4 Å². The van der Waals surface area contributed by atoms with Gasteiger partial charge in [-0.1, -0.05) is 24.3 Å². The van der Waals surface area contributed by atoms with Crippen molar-refractivity contribution in [2.75, 3.05) is 11.9 Å². The van der Waals surface area contributed by atoms with Gasteiger partial charge in [-0.3, -0.25) is 9.48 Å². The molecule has 1 aromatic heterocycles. The number of hydrogen-bond acceptors (Lipinski definition) is 5. The van der Waals surface area contributed by atoms with E-state index < -0.39 is 11.5 Å². The average molecular weight is 468 g/mol. The van der Waals surface area contributed by atoms with Gasteiger partial charge in [0.25, 0.3) is 5.91 Å². The van der Waals surface area contributed by atoms with Crippen molar-refractivity contribution in [3.8, 4) is 0 Å². The molecule has 138 valence electrons. The smallest absolute Gasteiger partial charge is 0.261 e. The van der Waals surface area contributed by atoms with E-state index in [0.717, 1.165) is 9.26 Å². The van der Waals surface area contributed by atoms with E-state index in [1.54, 1.807) is 4.68 Å². The molecule has 0 radical (unpaired) electrons.